The fourth-order valence-corrected chi connectivity index (χ4v) is 4.38. The number of ether oxygens (including phenoxy) is 1. The number of amides is 3. The van der Waals surface area contributed by atoms with Crippen molar-refractivity contribution in [1.29, 1.82) is 0 Å². The van der Waals surface area contributed by atoms with Crippen LogP contribution in [0.2, 0.25) is 0 Å². The molecule has 0 saturated heterocycles. The standard InChI is InChI=1S/C34H34FN3O5/c1-4-42-29-17-13-27(14-18-29)37-31(39)19-20-32(40)38(28-15-9-24(10-16-28)23(2)3)33(25-7-11-26(35)12-8-25)34(41)36-22-30-6-5-21-43-30/h5-21,23,33H,4,22H2,1-3H3,(H,36,41)(H,37,39)/b20-19-. The Labute approximate surface area is 250 Å². The van der Waals surface area contributed by atoms with Crippen LogP contribution < -0.4 is 20.3 Å². The van der Waals surface area contributed by atoms with Crippen LogP contribution in [0.15, 0.2) is 108 Å². The first-order valence-electron chi connectivity index (χ1n) is 14.0. The Bertz CT molecular complexity index is 1530. The van der Waals surface area contributed by atoms with Crippen molar-refractivity contribution in [3.8, 4) is 5.75 Å². The Morgan fingerprint density at radius 3 is 2.19 bits per heavy atom. The summed E-state index contributed by atoms with van der Waals surface area (Å²) in [6.07, 6.45) is 3.71. The van der Waals surface area contributed by atoms with Crippen molar-refractivity contribution in [2.24, 2.45) is 0 Å². The zero-order chi connectivity index (χ0) is 30.8. The predicted octanol–water partition coefficient (Wildman–Crippen LogP) is 6.53. The summed E-state index contributed by atoms with van der Waals surface area (Å²) in [5.74, 6) is -0.720. The van der Waals surface area contributed by atoms with E-state index in [4.69, 9.17) is 9.15 Å². The third-order valence-electron chi connectivity index (χ3n) is 6.59. The highest BCUT2D eigenvalue weighted by molar-refractivity contribution is 6.10. The molecule has 1 aromatic heterocycles. The maximum Gasteiger partial charge on any atom is 0.252 e. The highest BCUT2D eigenvalue weighted by atomic mass is 19.1. The molecule has 222 valence electrons. The third kappa shape index (κ3) is 8.42. The van der Waals surface area contributed by atoms with Crippen LogP contribution in [0.3, 0.4) is 0 Å². The van der Waals surface area contributed by atoms with Crippen LogP contribution in [0.5, 0.6) is 5.75 Å². The normalized spacial score (nSPS) is 11.7. The van der Waals surface area contributed by atoms with E-state index in [0.717, 1.165) is 17.7 Å². The molecule has 43 heavy (non-hydrogen) atoms. The molecule has 0 aliphatic carbocycles. The molecule has 1 heterocycles. The molecule has 0 aliphatic rings. The summed E-state index contributed by atoms with van der Waals surface area (Å²) in [6, 6.07) is 21.7. The molecule has 0 fully saturated rings. The average molecular weight is 584 g/mol. The number of carbonyl (C=O) groups excluding carboxylic acids is 3. The lowest BCUT2D eigenvalue weighted by Gasteiger charge is -2.31. The van der Waals surface area contributed by atoms with Crippen molar-refractivity contribution in [2.45, 2.75) is 39.3 Å². The molecule has 0 saturated carbocycles. The lowest BCUT2D eigenvalue weighted by Crippen LogP contribution is -2.43. The summed E-state index contributed by atoms with van der Waals surface area (Å²) >= 11 is 0. The van der Waals surface area contributed by atoms with E-state index in [0.29, 0.717) is 35.1 Å². The van der Waals surface area contributed by atoms with Crippen molar-refractivity contribution in [3.05, 3.63) is 126 Å². The summed E-state index contributed by atoms with van der Waals surface area (Å²) in [6.45, 7) is 6.58. The molecule has 0 bridgehead atoms. The molecule has 3 amide bonds. The van der Waals surface area contributed by atoms with Crippen LogP contribution in [0.1, 0.15) is 49.6 Å². The Balaban J connectivity index is 1.65. The number of halogens is 1. The van der Waals surface area contributed by atoms with E-state index in [1.165, 1.54) is 35.4 Å². The van der Waals surface area contributed by atoms with Crippen LogP contribution in [0, 0.1) is 5.82 Å². The summed E-state index contributed by atoms with van der Waals surface area (Å²) in [7, 11) is 0. The van der Waals surface area contributed by atoms with Crippen molar-refractivity contribution >= 4 is 29.1 Å². The number of hydrogen-bond acceptors (Lipinski definition) is 5. The second kappa shape index (κ2) is 14.6. The van der Waals surface area contributed by atoms with Crippen LogP contribution in [0.4, 0.5) is 15.8 Å². The van der Waals surface area contributed by atoms with E-state index < -0.39 is 29.6 Å². The maximum atomic E-state index is 13.9. The van der Waals surface area contributed by atoms with E-state index in [-0.39, 0.29) is 12.5 Å². The van der Waals surface area contributed by atoms with Gasteiger partial charge in [-0.15, -0.1) is 0 Å². The lowest BCUT2D eigenvalue weighted by molar-refractivity contribution is -0.125. The highest BCUT2D eigenvalue weighted by Crippen LogP contribution is 2.30. The Morgan fingerprint density at radius 1 is 0.907 bits per heavy atom. The molecule has 2 N–H and O–H groups in total. The molecule has 0 radical (unpaired) electrons. The number of anilines is 2. The monoisotopic (exact) mass is 583 g/mol. The zero-order valence-corrected chi connectivity index (χ0v) is 24.3. The zero-order valence-electron chi connectivity index (χ0n) is 24.3. The molecule has 4 rings (SSSR count). The average Bonchev–Trinajstić information content (AvgIpc) is 3.53. The number of hydrogen-bond donors (Lipinski definition) is 2. The van der Waals surface area contributed by atoms with Gasteiger partial charge in [0.25, 0.3) is 5.91 Å². The van der Waals surface area contributed by atoms with Gasteiger partial charge in [0.1, 0.15) is 23.4 Å². The predicted molar refractivity (Wildman–Crippen MR) is 163 cm³/mol. The molecular weight excluding hydrogens is 549 g/mol. The first-order chi connectivity index (χ1) is 20.7. The Hall–Kier alpha value is -5.18. The molecule has 0 spiro atoms. The van der Waals surface area contributed by atoms with Gasteiger partial charge in [-0.25, -0.2) is 4.39 Å². The molecule has 1 unspecified atom stereocenters. The first kappa shape index (κ1) is 30.8. The summed E-state index contributed by atoms with van der Waals surface area (Å²) in [5.41, 5.74) is 2.37. The van der Waals surface area contributed by atoms with Gasteiger partial charge in [-0.1, -0.05) is 38.1 Å². The smallest absolute Gasteiger partial charge is 0.252 e. The second-order valence-corrected chi connectivity index (χ2v) is 9.99. The first-order valence-corrected chi connectivity index (χ1v) is 14.0. The summed E-state index contributed by atoms with van der Waals surface area (Å²) < 4.78 is 24.6. The molecule has 1 atom stereocenters. The van der Waals surface area contributed by atoms with Gasteiger partial charge in [0, 0.05) is 23.5 Å². The van der Waals surface area contributed by atoms with E-state index >= 15 is 0 Å². The number of carbonyl (C=O) groups is 3. The minimum atomic E-state index is -1.19. The number of nitrogens with zero attached hydrogens (tertiary/aromatic N) is 1. The number of nitrogens with one attached hydrogen (secondary N) is 2. The number of benzene rings is 3. The second-order valence-electron chi connectivity index (χ2n) is 9.99. The van der Waals surface area contributed by atoms with Crippen LogP contribution in [-0.2, 0) is 20.9 Å². The van der Waals surface area contributed by atoms with Gasteiger partial charge in [0.15, 0.2) is 0 Å². The van der Waals surface area contributed by atoms with Crippen LogP contribution >= 0.6 is 0 Å². The van der Waals surface area contributed by atoms with Crippen molar-refractivity contribution in [2.75, 3.05) is 16.8 Å². The topological polar surface area (TPSA) is 101 Å². The van der Waals surface area contributed by atoms with E-state index in [9.17, 15) is 18.8 Å². The Morgan fingerprint density at radius 2 is 1.58 bits per heavy atom. The highest BCUT2D eigenvalue weighted by Gasteiger charge is 2.32. The lowest BCUT2D eigenvalue weighted by atomic mass is 10.0. The van der Waals surface area contributed by atoms with E-state index in [1.54, 1.807) is 48.5 Å². The van der Waals surface area contributed by atoms with Gasteiger partial charge < -0.3 is 19.8 Å². The van der Waals surface area contributed by atoms with Crippen molar-refractivity contribution in [3.63, 3.8) is 0 Å². The Kier molecular flexibility index (Phi) is 10.5. The van der Waals surface area contributed by atoms with Crippen LogP contribution in [0.25, 0.3) is 0 Å². The number of furan rings is 1. The van der Waals surface area contributed by atoms with Gasteiger partial charge in [-0.2, -0.15) is 0 Å². The van der Waals surface area contributed by atoms with Gasteiger partial charge in [-0.3, -0.25) is 19.3 Å². The number of rotatable bonds is 12. The largest absolute Gasteiger partial charge is 0.494 e. The quantitative estimate of drug-likeness (QED) is 0.185. The summed E-state index contributed by atoms with van der Waals surface area (Å²) in [4.78, 5) is 41.5. The van der Waals surface area contributed by atoms with Gasteiger partial charge in [-0.05, 0) is 84.6 Å². The maximum absolute atomic E-state index is 13.9. The molecule has 8 nitrogen and oxygen atoms in total. The van der Waals surface area contributed by atoms with Gasteiger partial charge in [0.05, 0.1) is 19.4 Å². The minimum absolute atomic E-state index is 0.0815. The third-order valence-corrected chi connectivity index (χ3v) is 6.59. The van der Waals surface area contributed by atoms with Gasteiger partial charge >= 0.3 is 0 Å². The fraction of sp³-hybridized carbons (Fsp3) is 0.206. The molecule has 9 heteroatoms. The van der Waals surface area contributed by atoms with Crippen molar-refractivity contribution < 1.29 is 27.9 Å². The molecule has 3 aromatic carbocycles. The SMILES string of the molecule is CCOc1ccc(NC(=O)/C=C\C(=O)N(c2ccc(C(C)C)cc2)C(C(=O)NCc2ccco2)c2ccc(F)cc2)cc1. The van der Waals surface area contributed by atoms with E-state index in [1.807, 2.05) is 32.9 Å². The van der Waals surface area contributed by atoms with Gasteiger partial charge in [0.2, 0.25) is 11.8 Å². The molecule has 4 aromatic rings. The van der Waals surface area contributed by atoms with E-state index in [2.05, 4.69) is 10.6 Å². The summed E-state index contributed by atoms with van der Waals surface area (Å²) in [5, 5.41) is 5.52. The molecule has 0 aliphatic heterocycles. The minimum Gasteiger partial charge on any atom is -0.494 e. The fourth-order valence-electron chi connectivity index (χ4n) is 4.38. The van der Waals surface area contributed by atoms with Crippen molar-refractivity contribution in [1.82, 2.24) is 5.32 Å². The van der Waals surface area contributed by atoms with Crippen LogP contribution in [-0.4, -0.2) is 24.3 Å². The molecular formula is C34H34FN3O5.